The van der Waals surface area contributed by atoms with Gasteiger partial charge in [0.2, 0.25) is 0 Å². The lowest BCUT2D eigenvalue weighted by atomic mass is 10.0. The molecule has 1 saturated heterocycles. The standard InChI is InChI=1S/C12H20N4/c1-4-14-11-5-13-6-12(15-11)16-7-9(2)10(3)8-16/h5-6,9-10H,4,7-8H2,1-3H3,(H,14,15). The van der Waals surface area contributed by atoms with E-state index < -0.39 is 0 Å². The second-order valence-corrected chi connectivity index (χ2v) is 4.65. The smallest absolute Gasteiger partial charge is 0.149 e. The van der Waals surface area contributed by atoms with E-state index in [9.17, 15) is 0 Å². The van der Waals surface area contributed by atoms with E-state index in [1.165, 1.54) is 0 Å². The van der Waals surface area contributed by atoms with Crippen molar-refractivity contribution in [1.29, 1.82) is 0 Å². The van der Waals surface area contributed by atoms with Crippen LogP contribution in [-0.2, 0) is 0 Å². The summed E-state index contributed by atoms with van der Waals surface area (Å²) in [6, 6.07) is 0. The van der Waals surface area contributed by atoms with Crippen LogP contribution in [0.15, 0.2) is 12.4 Å². The molecule has 1 aromatic rings. The highest BCUT2D eigenvalue weighted by atomic mass is 15.2. The molecule has 0 spiro atoms. The second kappa shape index (κ2) is 4.68. The number of hydrogen-bond donors (Lipinski definition) is 1. The van der Waals surface area contributed by atoms with Crippen molar-refractivity contribution in [1.82, 2.24) is 9.97 Å². The van der Waals surface area contributed by atoms with Crippen LogP contribution in [0.25, 0.3) is 0 Å². The van der Waals surface area contributed by atoms with Gasteiger partial charge in [-0.1, -0.05) is 13.8 Å². The fourth-order valence-electron chi connectivity index (χ4n) is 2.09. The SMILES string of the molecule is CCNc1cncc(N2CC(C)C(C)C2)n1. The highest BCUT2D eigenvalue weighted by molar-refractivity contribution is 5.44. The minimum absolute atomic E-state index is 0.740. The molecule has 0 radical (unpaired) electrons. The zero-order valence-electron chi connectivity index (χ0n) is 10.3. The first kappa shape index (κ1) is 11.2. The van der Waals surface area contributed by atoms with Gasteiger partial charge in [0.15, 0.2) is 0 Å². The molecule has 2 unspecified atom stereocenters. The molecule has 0 saturated carbocycles. The highest BCUT2D eigenvalue weighted by Crippen LogP contribution is 2.26. The molecule has 2 heterocycles. The fraction of sp³-hybridized carbons (Fsp3) is 0.667. The van der Waals surface area contributed by atoms with Gasteiger partial charge in [-0.3, -0.25) is 4.98 Å². The van der Waals surface area contributed by atoms with Crippen molar-refractivity contribution >= 4 is 11.6 Å². The highest BCUT2D eigenvalue weighted by Gasteiger charge is 2.26. The number of nitrogens with zero attached hydrogens (tertiary/aromatic N) is 3. The third-order valence-corrected chi connectivity index (χ3v) is 3.29. The average Bonchev–Trinajstić information content (AvgIpc) is 2.60. The number of nitrogens with one attached hydrogen (secondary N) is 1. The van der Waals surface area contributed by atoms with Gasteiger partial charge in [0.05, 0.1) is 12.4 Å². The van der Waals surface area contributed by atoms with Gasteiger partial charge in [0, 0.05) is 19.6 Å². The Morgan fingerprint density at radius 2 is 2.00 bits per heavy atom. The summed E-state index contributed by atoms with van der Waals surface area (Å²) in [5.74, 6) is 3.34. The van der Waals surface area contributed by atoms with Crippen molar-refractivity contribution in [3.05, 3.63) is 12.4 Å². The molecule has 4 heteroatoms. The molecule has 0 aliphatic carbocycles. The van der Waals surface area contributed by atoms with Crippen molar-refractivity contribution in [2.45, 2.75) is 20.8 Å². The van der Waals surface area contributed by atoms with E-state index in [4.69, 9.17) is 0 Å². The number of anilines is 2. The minimum Gasteiger partial charge on any atom is -0.369 e. The predicted octanol–water partition coefficient (Wildman–Crippen LogP) is 2.00. The second-order valence-electron chi connectivity index (χ2n) is 4.65. The first-order valence-electron chi connectivity index (χ1n) is 6.01. The minimum atomic E-state index is 0.740. The maximum absolute atomic E-state index is 4.57. The molecule has 16 heavy (non-hydrogen) atoms. The molecular formula is C12H20N4. The summed E-state index contributed by atoms with van der Waals surface area (Å²) in [6.45, 7) is 9.72. The van der Waals surface area contributed by atoms with Crippen LogP contribution in [0.4, 0.5) is 11.6 Å². The van der Waals surface area contributed by atoms with Crippen molar-refractivity contribution in [2.75, 3.05) is 29.9 Å². The van der Waals surface area contributed by atoms with Crippen LogP contribution in [0, 0.1) is 11.8 Å². The van der Waals surface area contributed by atoms with Crippen LogP contribution in [0.5, 0.6) is 0 Å². The molecule has 1 aliphatic heterocycles. The molecule has 88 valence electrons. The predicted molar refractivity (Wildman–Crippen MR) is 66.7 cm³/mol. The summed E-state index contributed by atoms with van der Waals surface area (Å²) in [6.07, 6.45) is 3.63. The summed E-state index contributed by atoms with van der Waals surface area (Å²) in [5, 5.41) is 3.19. The lowest BCUT2D eigenvalue weighted by molar-refractivity contribution is 0.494. The summed E-state index contributed by atoms with van der Waals surface area (Å²) in [4.78, 5) is 11.1. The van der Waals surface area contributed by atoms with Crippen molar-refractivity contribution in [2.24, 2.45) is 11.8 Å². The molecule has 0 aromatic carbocycles. The Labute approximate surface area is 97.1 Å². The van der Waals surface area contributed by atoms with E-state index in [2.05, 4.69) is 41.0 Å². The summed E-state index contributed by atoms with van der Waals surface area (Å²) >= 11 is 0. The van der Waals surface area contributed by atoms with Gasteiger partial charge in [-0.25, -0.2) is 4.98 Å². The normalized spacial score (nSPS) is 24.8. The van der Waals surface area contributed by atoms with Crippen LogP contribution < -0.4 is 10.2 Å². The van der Waals surface area contributed by atoms with Gasteiger partial charge < -0.3 is 10.2 Å². The Kier molecular flexibility index (Phi) is 3.27. The Hall–Kier alpha value is -1.32. The Morgan fingerprint density at radius 3 is 2.62 bits per heavy atom. The Morgan fingerprint density at radius 1 is 1.31 bits per heavy atom. The maximum atomic E-state index is 4.57. The topological polar surface area (TPSA) is 41.1 Å². The van der Waals surface area contributed by atoms with E-state index in [0.29, 0.717) is 0 Å². The van der Waals surface area contributed by atoms with Gasteiger partial charge in [-0.2, -0.15) is 0 Å². The summed E-state index contributed by atoms with van der Waals surface area (Å²) < 4.78 is 0. The van der Waals surface area contributed by atoms with Crippen molar-refractivity contribution in [3.63, 3.8) is 0 Å². The number of aromatic nitrogens is 2. The Balaban J connectivity index is 2.12. The van der Waals surface area contributed by atoms with Crippen LogP contribution >= 0.6 is 0 Å². The average molecular weight is 220 g/mol. The third kappa shape index (κ3) is 2.26. The molecular weight excluding hydrogens is 200 g/mol. The molecule has 2 rings (SSSR count). The summed E-state index contributed by atoms with van der Waals surface area (Å²) in [7, 11) is 0. The molecule has 0 bridgehead atoms. The third-order valence-electron chi connectivity index (χ3n) is 3.29. The van der Waals surface area contributed by atoms with E-state index in [-0.39, 0.29) is 0 Å². The van der Waals surface area contributed by atoms with E-state index >= 15 is 0 Å². The fourth-order valence-corrected chi connectivity index (χ4v) is 2.09. The largest absolute Gasteiger partial charge is 0.369 e. The van der Waals surface area contributed by atoms with Gasteiger partial charge in [-0.05, 0) is 18.8 Å². The lowest BCUT2D eigenvalue weighted by Gasteiger charge is -2.17. The molecule has 1 aromatic heterocycles. The van der Waals surface area contributed by atoms with Crippen molar-refractivity contribution < 1.29 is 0 Å². The monoisotopic (exact) mass is 220 g/mol. The quantitative estimate of drug-likeness (QED) is 0.846. The molecule has 1 N–H and O–H groups in total. The first-order chi connectivity index (χ1) is 7.70. The zero-order chi connectivity index (χ0) is 11.5. The van der Waals surface area contributed by atoms with Crippen LogP contribution in [0.3, 0.4) is 0 Å². The van der Waals surface area contributed by atoms with E-state index in [0.717, 1.165) is 43.1 Å². The molecule has 1 fully saturated rings. The lowest BCUT2D eigenvalue weighted by Crippen LogP contribution is -2.21. The van der Waals surface area contributed by atoms with Crippen LogP contribution in [0.2, 0.25) is 0 Å². The molecule has 0 amide bonds. The van der Waals surface area contributed by atoms with Crippen LogP contribution in [-0.4, -0.2) is 29.6 Å². The van der Waals surface area contributed by atoms with E-state index in [1.807, 2.05) is 6.20 Å². The van der Waals surface area contributed by atoms with Crippen molar-refractivity contribution in [3.8, 4) is 0 Å². The van der Waals surface area contributed by atoms with Crippen LogP contribution in [0.1, 0.15) is 20.8 Å². The van der Waals surface area contributed by atoms with Gasteiger partial charge in [-0.15, -0.1) is 0 Å². The molecule has 4 nitrogen and oxygen atoms in total. The first-order valence-corrected chi connectivity index (χ1v) is 6.01. The Bertz CT molecular complexity index is 343. The maximum Gasteiger partial charge on any atom is 0.149 e. The number of hydrogen-bond acceptors (Lipinski definition) is 4. The molecule has 2 atom stereocenters. The van der Waals surface area contributed by atoms with Gasteiger partial charge in [0.25, 0.3) is 0 Å². The van der Waals surface area contributed by atoms with Gasteiger partial charge >= 0.3 is 0 Å². The zero-order valence-corrected chi connectivity index (χ0v) is 10.3. The number of rotatable bonds is 3. The summed E-state index contributed by atoms with van der Waals surface area (Å²) in [5.41, 5.74) is 0. The molecule has 1 aliphatic rings. The van der Waals surface area contributed by atoms with E-state index in [1.54, 1.807) is 6.20 Å². The van der Waals surface area contributed by atoms with Gasteiger partial charge in [0.1, 0.15) is 11.6 Å².